The second-order valence-corrected chi connectivity index (χ2v) is 5.86. The largest absolute Gasteiger partial charge is 0.490 e. The van der Waals surface area contributed by atoms with Gasteiger partial charge in [0.1, 0.15) is 6.61 Å². The number of rotatable bonds is 9. The van der Waals surface area contributed by atoms with E-state index in [1.54, 1.807) is 0 Å². The first-order valence-electron chi connectivity index (χ1n) is 8.49. The Morgan fingerprint density at radius 2 is 1.65 bits per heavy atom. The van der Waals surface area contributed by atoms with Crippen molar-refractivity contribution in [1.29, 1.82) is 0 Å². The lowest BCUT2D eigenvalue weighted by molar-refractivity contribution is -0.0734. The first kappa shape index (κ1) is 18.0. The number of hydrogen-bond acceptors (Lipinski definition) is 5. The third-order valence-electron chi connectivity index (χ3n) is 3.68. The zero-order valence-corrected chi connectivity index (χ0v) is 14.5. The summed E-state index contributed by atoms with van der Waals surface area (Å²) < 4.78 is 22.7. The summed E-state index contributed by atoms with van der Waals surface area (Å²) in [5.74, 6) is 1.56. The van der Waals surface area contributed by atoms with E-state index in [9.17, 15) is 0 Å². The minimum absolute atomic E-state index is 0.303. The quantitative estimate of drug-likeness (QED) is 0.653. The van der Waals surface area contributed by atoms with Gasteiger partial charge in [-0.3, -0.25) is 4.90 Å². The Balaban J connectivity index is 1.59. The molecule has 2 rings (SSSR count). The highest BCUT2D eigenvalue weighted by Gasteiger charge is 2.21. The van der Waals surface area contributed by atoms with E-state index in [1.165, 1.54) is 0 Å². The zero-order valence-electron chi connectivity index (χ0n) is 14.5. The van der Waals surface area contributed by atoms with Crippen molar-refractivity contribution in [1.82, 2.24) is 4.90 Å². The Bertz CT molecular complexity index is 444. The van der Waals surface area contributed by atoms with Crippen molar-refractivity contribution in [3.8, 4) is 11.5 Å². The van der Waals surface area contributed by atoms with Gasteiger partial charge in [-0.05, 0) is 32.9 Å². The Morgan fingerprint density at radius 3 is 2.30 bits per heavy atom. The molecule has 1 saturated heterocycles. The maximum atomic E-state index is 5.73. The molecule has 1 aromatic rings. The molecule has 0 saturated carbocycles. The molecular formula is C18H29NO4. The third-order valence-corrected chi connectivity index (χ3v) is 3.68. The number of benzene rings is 1. The van der Waals surface area contributed by atoms with E-state index in [0.717, 1.165) is 37.7 Å². The molecule has 130 valence electrons. The molecule has 1 aliphatic rings. The summed E-state index contributed by atoms with van der Waals surface area (Å²) >= 11 is 0. The van der Waals surface area contributed by atoms with Gasteiger partial charge in [-0.1, -0.05) is 12.1 Å². The predicted octanol–water partition coefficient (Wildman–Crippen LogP) is 2.59. The van der Waals surface area contributed by atoms with Crippen LogP contribution in [0.4, 0.5) is 0 Å². The van der Waals surface area contributed by atoms with Crippen LogP contribution in [0.15, 0.2) is 24.3 Å². The van der Waals surface area contributed by atoms with E-state index in [-0.39, 0.29) is 0 Å². The second-order valence-electron chi connectivity index (χ2n) is 5.86. The SMILES string of the molecule is CCOc1ccccc1OCCOCCN1C[C@H](C)O[C@@H](C)C1. The van der Waals surface area contributed by atoms with Gasteiger partial charge in [0.05, 0.1) is 32.0 Å². The van der Waals surface area contributed by atoms with Crippen molar-refractivity contribution in [3.63, 3.8) is 0 Å². The monoisotopic (exact) mass is 323 g/mol. The third kappa shape index (κ3) is 6.37. The lowest BCUT2D eigenvalue weighted by Crippen LogP contribution is -2.46. The fourth-order valence-corrected chi connectivity index (χ4v) is 2.82. The number of para-hydroxylation sites is 2. The van der Waals surface area contributed by atoms with Gasteiger partial charge >= 0.3 is 0 Å². The maximum Gasteiger partial charge on any atom is 0.161 e. The van der Waals surface area contributed by atoms with Gasteiger partial charge in [0.15, 0.2) is 11.5 Å². The molecule has 0 aromatic heterocycles. The normalized spacial score (nSPS) is 22.0. The minimum Gasteiger partial charge on any atom is -0.490 e. The topological polar surface area (TPSA) is 40.2 Å². The van der Waals surface area contributed by atoms with Crippen LogP contribution < -0.4 is 9.47 Å². The average Bonchev–Trinajstić information content (AvgIpc) is 2.51. The smallest absolute Gasteiger partial charge is 0.161 e. The molecule has 0 spiro atoms. The number of ether oxygens (including phenoxy) is 4. The summed E-state index contributed by atoms with van der Waals surface area (Å²) in [7, 11) is 0. The second kappa shape index (κ2) is 9.75. The molecule has 0 amide bonds. The van der Waals surface area contributed by atoms with E-state index in [0.29, 0.717) is 32.0 Å². The molecule has 23 heavy (non-hydrogen) atoms. The van der Waals surface area contributed by atoms with Gasteiger partial charge in [0, 0.05) is 19.6 Å². The lowest BCUT2D eigenvalue weighted by Gasteiger charge is -2.35. The fraction of sp³-hybridized carbons (Fsp3) is 0.667. The molecule has 2 atom stereocenters. The molecule has 0 N–H and O–H groups in total. The van der Waals surface area contributed by atoms with Gasteiger partial charge in [0.25, 0.3) is 0 Å². The highest BCUT2D eigenvalue weighted by molar-refractivity contribution is 5.39. The Hall–Kier alpha value is -1.30. The van der Waals surface area contributed by atoms with Crippen molar-refractivity contribution in [2.45, 2.75) is 33.0 Å². The molecule has 0 bridgehead atoms. The van der Waals surface area contributed by atoms with Gasteiger partial charge in [0.2, 0.25) is 0 Å². The first-order chi connectivity index (χ1) is 11.2. The van der Waals surface area contributed by atoms with Crippen LogP contribution in [0.2, 0.25) is 0 Å². The Kier molecular flexibility index (Phi) is 7.65. The highest BCUT2D eigenvalue weighted by Crippen LogP contribution is 2.26. The molecule has 1 heterocycles. The summed E-state index contributed by atoms with van der Waals surface area (Å²) in [6, 6.07) is 7.72. The van der Waals surface area contributed by atoms with Crippen molar-refractivity contribution in [3.05, 3.63) is 24.3 Å². The van der Waals surface area contributed by atoms with Crippen LogP contribution in [-0.2, 0) is 9.47 Å². The highest BCUT2D eigenvalue weighted by atomic mass is 16.5. The van der Waals surface area contributed by atoms with Crippen LogP contribution in [0.5, 0.6) is 11.5 Å². The molecular weight excluding hydrogens is 294 g/mol. The van der Waals surface area contributed by atoms with Crippen LogP contribution in [-0.4, -0.2) is 63.2 Å². The predicted molar refractivity (Wildman–Crippen MR) is 90.4 cm³/mol. The molecule has 5 heteroatoms. The molecule has 0 unspecified atom stereocenters. The standard InChI is InChI=1S/C18H29NO4/c1-4-21-17-7-5-6-8-18(17)22-12-11-20-10-9-19-13-15(2)23-16(3)14-19/h5-8,15-16H,4,9-14H2,1-3H3/t15-,16-/m0/s1. The average molecular weight is 323 g/mol. The summed E-state index contributed by atoms with van der Waals surface area (Å²) in [6.45, 7) is 11.6. The van der Waals surface area contributed by atoms with Crippen molar-refractivity contribution in [2.24, 2.45) is 0 Å². The van der Waals surface area contributed by atoms with Gasteiger partial charge in [-0.25, -0.2) is 0 Å². The minimum atomic E-state index is 0.303. The van der Waals surface area contributed by atoms with Crippen LogP contribution >= 0.6 is 0 Å². The Morgan fingerprint density at radius 1 is 1.00 bits per heavy atom. The van der Waals surface area contributed by atoms with E-state index < -0.39 is 0 Å². The fourth-order valence-electron chi connectivity index (χ4n) is 2.82. The molecule has 1 aliphatic heterocycles. The van der Waals surface area contributed by atoms with Crippen LogP contribution in [0.25, 0.3) is 0 Å². The van der Waals surface area contributed by atoms with Crippen molar-refractivity contribution in [2.75, 3.05) is 46.1 Å². The summed E-state index contributed by atoms with van der Waals surface area (Å²) in [6.07, 6.45) is 0.606. The molecule has 1 fully saturated rings. The van der Waals surface area contributed by atoms with E-state index in [4.69, 9.17) is 18.9 Å². The first-order valence-corrected chi connectivity index (χ1v) is 8.49. The number of hydrogen-bond donors (Lipinski definition) is 0. The summed E-state index contributed by atoms with van der Waals surface area (Å²) in [4.78, 5) is 2.39. The van der Waals surface area contributed by atoms with Crippen LogP contribution in [0.1, 0.15) is 20.8 Å². The van der Waals surface area contributed by atoms with Crippen LogP contribution in [0.3, 0.4) is 0 Å². The maximum absolute atomic E-state index is 5.73. The summed E-state index contributed by atoms with van der Waals surface area (Å²) in [5.41, 5.74) is 0. The number of nitrogens with zero attached hydrogens (tertiary/aromatic N) is 1. The molecule has 0 radical (unpaired) electrons. The molecule has 5 nitrogen and oxygen atoms in total. The van der Waals surface area contributed by atoms with Crippen molar-refractivity contribution < 1.29 is 18.9 Å². The summed E-state index contributed by atoms with van der Waals surface area (Å²) in [5, 5.41) is 0. The lowest BCUT2D eigenvalue weighted by atomic mass is 10.2. The molecule has 1 aromatic carbocycles. The van der Waals surface area contributed by atoms with E-state index >= 15 is 0 Å². The van der Waals surface area contributed by atoms with Crippen LogP contribution in [0, 0.1) is 0 Å². The van der Waals surface area contributed by atoms with Gasteiger partial charge in [-0.2, -0.15) is 0 Å². The zero-order chi connectivity index (χ0) is 16.5. The van der Waals surface area contributed by atoms with E-state index in [1.807, 2.05) is 31.2 Å². The van der Waals surface area contributed by atoms with Gasteiger partial charge in [-0.15, -0.1) is 0 Å². The van der Waals surface area contributed by atoms with Crippen molar-refractivity contribution >= 4 is 0 Å². The Labute approximate surface area is 139 Å². The van der Waals surface area contributed by atoms with E-state index in [2.05, 4.69) is 18.7 Å². The van der Waals surface area contributed by atoms with Gasteiger partial charge < -0.3 is 18.9 Å². The number of morpholine rings is 1. The molecule has 0 aliphatic carbocycles.